The minimum absolute atomic E-state index is 0.261. The first kappa shape index (κ1) is 24.0. The summed E-state index contributed by atoms with van der Waals surface area (Å²) in [4.78, 5) is 33.6. The van der Waals surface area contributed by atoms with Gasteiger partial charge in [-0.05, 0) is 60.2 Å². The molecule has 0 bridgehead atoms. The number of thiazole rings is 1. The molecular formula is C29H28N4O2S. The molecule has 0 unspecified atom stereocenters. The SMILES string of the molecule is CC(C)CN1CCCc2cc(C=C(C#N)c3nc(CCN4C(=O)c5ccccc5C4=O)cs3)ccc21. The number of nitriles is 1. The molecule has 2 aromatic carbocycles. The highest BCUT2D eigenvalue weighted by molar-refractivity contribution is 7.11. The summed E-state index contributed by atoms with van der Waals surface area (Å²) in [6, 6.07) is 15.6. The van der Waals surface area contributed by atoms with Gasteiger partial charge in [-0.15, -0.1) is 11.3 Å². The van der Waals surface area contributed by atoms with Crippen molar-refractivity contribution in [3.8, 4) is 6.07 Å². The zero-order valence-electron chi connectivity index (χ0n) is 20.5. The van der Waals surface area contributed by atoms with Crippen molar-refractivity contribution in [2.45, 2.75) is 33.1 Å². The highest BCUT2D eigenvalue weighted by atomic mass is 32.1. The highest BCUT2D eigenvalue weighted by Crippen LogP contribution is 2.31. The fourth-order valence-electron chi connectivity index (χ4n) is 4.94. The van der Waals surface area contributed by atoms with Gasteiger partial charge < -0.3 is 4.90 Å². The van der Waals surface area contributed by atoms with Crippen LogP contribution in [0.4, 0.5) is 5.69 Å². The van der Waals surface area contributed by atoms with Crippen molar-refractivity contribution in [3.05, 3.63) is 80.8 Å². The van der Waals surface area contributed by atoms with E-state index in [1.54, 1.807) is 24.3 Å². The zero-order chi connectivity index (χ0) is 25.2. The number of aromatic nitrogens is 1. The fraction of sp³-hybridized carbons (Fsp3) is 0.310. The molecule has 5 rings (SSSR count). The Hall–Kier alpha value is -3.76. The topological polar surface area (TPSA) is 77.3 Å². The monoisotopic (exact) mass is 496 g/mol. The number of benzene rings is 2. The van der Waals surface area contributed by atoms with Crippen molar-refractivity contribution in [2.24, 2.45) is 5.92 Å². The van der Waals surface area contributed by atoms with Crippen molar-refractivity contribution in [1.82, 2.24) is 9.88 Å². The second kappa shape index (κ2) is 10.1. The van der Waals surface area contributed by atoms with Crippen LogP contribution in [0.15, 0.2) is 47.8 Å². The third-order valence-corrected chi connectivity index (χ3v) is 7.51. The fourth-order valence-corrected chi connectivity index (χ4v) is 5.76. The molecule has 3 aromatic rings. The third kappa shape index (κ3) is 4.69. The van der Waals surface area contributed by atoms with Crippen molar-refractivity contribution >= 4 is 40.5 Å². The van der Waals surface area contributed by atoms with Gasteiger partial charge in [0.05, 0.1) is 22.4 Å². The van der Waals surface area contributed by atoms with Gasteiger partial charge in [-0.1, -0.05) is 32.0 Å². The standard InChI is InChI=1S/C29H28N4O2S/c1-19(2)17-32-12-5-6-21-14-20(9-10-26(21)32)15-22(16-30)27-31-23(18-36-27)11-13-33-28(34)24-7-3-4-8-25(24)29(33)35/h3-4,7-10,14-15,18-19H,5-6,11-13,17H2,1-2H3. The van der Waals surface area contributed by atoms with Crippen molar-refractivity contribution < 1.29 is 9.59 Å². The van der Waals surface area contributed by atoms with E-state index in [1.807, 2.05) is 11.5 Å². The van der Waals surface area contributed by atoms with Crippen LogP contribution in [0.5, 0.6) is 0 Å². The summed E-state index contributed by atoms with van der Waals surface area (Å²) in [5.41, 5.74) is 5.81. The number of imide groups is 1. The Balaban J connectivity index is 1.29. The molecule has 0 atom stereocenters. The first-order valence-corrected chi connectivity index (χ1v) is 13.2. The second-order valence-electron chi connectivity index (χ2n) is 9.70. The van der Waals surface area contributed by atoms with E-state index in [4.69, 9.17) is 0 Å². The maximum absolute atomic E-state index is 12.6. The lowest BCUT2D eigenvalue weighted by molar-refractivity contribution is 0.0656. The number of anilines is 1. The van der Waals surface area contributed by atoms with Crippen LogP contribution in [-0.4, -0.2) is 41.3 Å². The van der Waals surface area contributed by atoms with Gasteiger partial charge in [0.15, 0.2) is 0 Å². The van der Waals surface area contributed by atoms with Crippen LogP contribution in [0.1, 0.15) is 62.8 Å². The molecule has 36 heavy (non-hydrogen) atoms. The summed E-state index contributed by atoms with van der Waals surface area (Å²) in [6.07, 6.45) is 4.54. The number of carbonyl (C=O) groups is 2. The molecule has 182 valence electrons. The summed E-state index contributed by atoms with van der Waals surface area (Å²) in [6.45, 7) is 6.89. The summed E-state index contributed by atoms with van der Waals surface area (Å²) >= 11 is 1.41. The molecule has 0 fully saturated rings. The molecule has 0 aliphatic carbocycles. The molecule has 2 aliphatic heterocycles. The Morgan fingerprint density at radius 3 is 2.61 bits per heavy atom. The number of hydrogen-bond acceptors (Lipinski definition) is 6. The van der Waals surface area contributed by atoms with E-state index in [9.17, 15) is 14.9 Å². The van der Waals surface area contributed by atoms with Crippen LogP contribution >= 0.6 is 11.3 Å². The number of nitrogens with zero attached hydrogens (tertiary/aromatic N) is 4. The van der Waals surface area contributed by atoms with Gasteiger partial charge in [-0.2, -0.15) is 5.26 Å². The molecular weight excluding hydrogens is 468 g/mol. The number of rotatable bonds is 7. The maximum Gasteiger partial charge on any atom is 0.261 e. The molecule has 1 aromatic heterocycles. The van der Waals surface area contributed by atoms with Crippen LogP contribution < -0.4 is 4.90 Å². The van der Waals surface area contributed by atoms with Gasteiger partial charge in [0, 0.05) is 37.1 Å². The van der Waals surface area contributed by atoms with E-state index >= 15 is 0 Å². The molecule has 0 spiro atoms. The number of aryl methyl sites for hydroxylation is 1. The van der Waals surface area contributed by atoms with Crippen LogP contribution in [0, 0.1) is 17.2 Å². The normalized spacial score (nSPS) is 15.3. The van der Waals surface area contributed by atoms with Gasteiger partial charge in [0.2, 0.25) is 0 Å². The van der Waals surface area contributed by atoms with Crippen molar-refractivity contribution in [1.29, 1.82) is 5.26 Å². The van der Waals surface area contributed by atoms with Gasteiger partial charge in [-0.25, -0.2) is 4.98 Å². The summed E-state index contributed by atoms with van der Waals surface area (Å²) in [7, 11) is 0. The van der Waals surface area contributed by atoms with Gasteiger partial charge in [-0.3, -0.25) is 14.5 Å². The molecule has 3 heterocycles. The Morgan fingerprint density at radius 1 is 1.17 bits per heavy atom. The van der Waals surface area contributed by atoms with E-state index in [0.717, 1.165) is 37.2 Å². The quantitative estimate of drug-likeness (QED) is 0.321. The van der Waals surface area contributed by atoms with Crippen molar-refractivity contribution in [2.75, 3.05) is 24.5 Å². The highest BCUT2D eigenvalue weighted by Gasteiger charge is 2.34. The molecule has 0 N–H and O–H groups in total. The molecule has 6 nitrogen and oxygen atoms in total. The lowest BCUT2D eigenvalue weighted by Crippen LogP contribution is -2.32. The molecule has 7 heteroatoms. The van der Waals surface area contributed by atoms with E-state index < -0.39 is 0 Å². The predicted octanol–water partition coefficient (Wildman–Crippen LogP) is 5.45. The van der Waals surface area contributed by atoms with E-state index in [0.29, 0.717) is 34.0 Å². The van der Waals surface area contributed by atoms with Gasteiger partial charge >= 0.3 is 0 Å². The lowest BCUT2D eigenvalue weighted by Gasteiger charge is -2.32. The smallest absolute Gasteiger partial charge is 0.261 e. The lowest BCUT2D eigenvalue weighted by atomic mass is 9.97. The molecule has 0 radical (unpaired) electrons. The van der Waals surface area contributed by atoms with Gasteiger partial charge in [0.1, 0.15) is 11.1 Å². The zero-order valence-corrected chi connectivity index (χ0v) is 21.3. The summed E-state index contributed by atoms with van der Waals surface area (Å²) < 4.78 is 0. The Labute approximate surface area is 215 Å². The van der Waals surface area contributed by atoms with E-state index in [1.165, 1.54) is 27.5 Å². The van der Waals surface area contributed by atoms with Gasteiger partial charge in [0.25, 0.3) is 11.8 Å². The number of hydrogen-bond donors (Lipinski definition) is 0. The van der Waals surface area contributed by atoms with Crippen LogP contribution in [0.3, 0.4) is 0 Å². The van der Waals surface area contributed by atoms with Crippen LogP contribution in [-0.2, 0) is 12.8 Å². The number of allylic oxidation sites excluding steroid dienone is 1. The largest absolute Gasteiger partial charge is 0.371 e. The Morgan fingerprint density at radius 2 is 1.92 bits per heavy atom. The molecule has 0 saturated heterocycles. The maximum atomic E-state index is 12.6. The third-order valence-electron chi connectivity index (χ3n) is 6.59. The number of carbonyl (C=O) groups excluding carboxylic acids is 2. The first-order valence-electron chi connectivity index (χ1n) is 12.3. The average Bonchev–Trinajstić information content (AvgIpc) is 3.44. The molecule has 0 saturated carbocycles. The average molecular weight is 497 g/mol. The minimum Gasteiger partial charge on any atom is -0.371 e. The van der Waals surface area contributed by atoms with E-state index in [-0.39, 0.29) is 18.4 Å². The van der Waals surface area contributed by atoms with Crippen molar-refractivity contribution in [3.63, 3.8) is 0 Å². The Kier molecular flexibility index (Phi) is 6.71. The van der Waals surface area contributed by atoms with Crippen LogP contribution in [0.25, 0.3) is 11.6 Å². The van der Waals surface area contributed by atoms with E-state index in [2.05, 4.69) is 48.0 Å². The first-order chi connectivity index (χ1) is 17.4. The number of amides is 2. The molecule has 2 amide bonds. The number of fused-ring (bicyclic) bond motifs is 2. The summed E-state index contributed by atoms with van der Waals surface area (Å²) in [5, 5.41) is 12.4. The second-order valence-corrected chi connectivity index (χ2v) is 10.6. The van der Waals surface area contributed by atoms with Crippen LogP contribution in [0.2, 0.25) is 0 Å². The minimum atomic E-state index is -0.261. The Bertz CT molecular complexity index is 1360. The predicted molar refractivity (Wildman–Crippen MR) is 143 cm³/mol. The summed E-state index contributed by atoms with van der Waals surface area (Å²) in [5.74, 6) is 0.0860. The molecule has 2 aliphatic rings.